The van der Waals surface area contributed by atoms with Crippen LogP contribution in [0.1, 0.15) is 48.0 Å². The molecule has 150 valence electrons. The molecule has 0 unspecified atom stereocenters. The second kappa shape index (κ2) is 8.78. The van der Waals surface area contributed by atoms with Gasteiger partial charge in [-0.1, -0.05) is 12.1 Å². The molecule has 2 aliphatic rings. The normalized spacial score (nSPS) is 19.0. The summed E-state index contributed by atoms with van der Waals surface area (Å²) in [6.07, 6.45) is 9.56. The summed E-state index contributed by atoms with van der Waals surface area (Å²) in [6.45, 7) is 4.66. The zero-order chi connectivity index (χ0) is 19.3. The van der Waals surface area contributed by atoms with Crippen LogP contribution in [-0.4, -0.2) is 57.8 Å². The van der Waals surface area contributed by atoms with Crippen LogP contribution in [0.3, 0.4) is 0 Å². The first-order valence-corrected chi connectivity index (χ1v) is 10.4. The quantitative estimate of drug-likeness (QED) is 0.797. The van der Waals surface area contributed by atoms with E-state index in [4.69, 9.17) is 4.74 Å². The molecule has 0 spiro atoms. The first-order chi connectivity index (χ1) is 13.7. The Labute approximate surface area is 167 Å². The van der Waals surface area contributed by atoms with E-state index in [2.05, 4.69) is 16.2 Å². The lowest BCUT2D eigenvalue weighted by Crippen LogP contribution is -2.38. The van der Waals surface area contributed by atoms with E-state index < -0.39 is 0 Å². The summed E-state index contributed by atoms with van der Waals surface area (Å²) in [5.41, 5.74) is 1.96. The molecule has 6 nitrogen and oxygen atoms in total. The van der Waals surface area contributed by atoms with Crippen molar-refractivity contribution in [3.05, 3.63) is 47.8 Å². The molecule has 0 aliphatic carbocycles. The molecule has 1 aromatic carbocycles. The van der Waals surface area contributed by atoms with Gasteiger partial charge in [-0.2, -0.15) is 5.10 Å². The molecular formula is C22H30N4O2. The average Bonchev–Trinajstić information content (AvgIpc) is 3.14. The van der Waals surface area contributed by atoms with Gasteiger partial charge in [-0.3, -0.25) is 14.4 Å². The number of piperidine rings is 2. The Morgan fingerprint density at radius 1 is 1.11 bits per heavy atom. The molecule has 4 rings (SSSR count). The van der Waals surface area contributed by atoms with Gasteiger partial charge in [-0.15, -0.1) is 0 Å². The summed E-state index contributed by atoms with van der Waals surface area (Å²) in [4.78, 5) is 17.4. The maximum atomic E-state index is 12.9. The minimum atomic E-state index is 0.115. The van der Waals surface area contributed by atoms with Gasteiger partial charge in [0.25, 0.3) is 5.91 Å². The van der Waals surface area contributed by atoms with E-state index in [0.717, 1.165) is 64.2 Å². The van der Waals surface area contributed by atoms with Crippen LogP contribution in [0, 0.1) is 0 Å². The smallest absolute Gasteiger partial charge is 0.257 e. The molecule has 6 heteroatoms. The van der Waals surface area contributed by atoms with E-state index in [-0.39, 0.29) is 12.0 Å². The number of aromatic nitrogens is 2. The molecule has 2 fully saturated rings. The fourth-order valence-electron chi connectivity index (χ4n) is 4.19. The van der Waals surface area contributed by atoms with Gasteiger partial charge in [-0.25, -0.2) is 0 Å². The third kappa shape index (κ3) is 4.55. The van der Waals surface area contributed by atoms with Crippen LogP contribution in [0.2, 0.25) is 0 Å². The first kappa shape index (κ1) is 19.0. The Morgan fingerprint density at radius 3 is 2.57 bits per heavy atom. The number of aryl methyl sites for hydroxylation is 1. The van der Waals surface area contributed by atoms with E-state index in [0.29, 0.717) is 5.56 Å². The van der Waals surface area contributed by atoms with Gasteiger partial charge in [0, 0.05) is 51.5 Å². The van der Waals surface area contributed by atoms with Crippen molar-refractivity contribution in [3.63, 3.8) is 0 Å². The van der Waals surface area contributed by atoms with Crippen molar-refractivity contribution in [2.24, 2.45) is 7.05 Å². The van der Waals surface area contributed by atoms with E-state index in [1.54, 1.807) is 0 Å². The molecule has 0 N–H and O–H groups in total. The van der Waals surface area contributed by atoms with Crippen molar-refractivity contribution in [2.75, 3.05) is 26.2 Å². The van der Waals surface area contributed by atoms with Crippen LogP contribution in [0.15, 0.2) is 36.7 Å². The summed E-state index contributed by atoms with van der Waals surface area (Å²) in [5.74, 6) is 0.855. The third-order valence-electron chi connectivity index (χ3n) is 5.75. The number of ether oxygens (including phenoxy) is 1. The predicted molar refractivity (Wildman–Crippen MR) is 108 cm³/mol. The molecular weight excluding hydrogens is 352 g/mol. The van der Waals surface area contributed by atoms with Crippen LogP contribution < -0.4 is 4.74 Å². The fourth-order valence-corrected chi connectivity index (χ4v) is 4.19. The number of carbonyl (C=O) groups is 1. The van der Waals surface area contributed by atoms with Crippen LogP contribution in [0.25, 0.3) is 0 Å². The molecule has 1 aromatic heterocycles. The van der Waals surface area contributed by atoms with Crippen molar-refractivity contribution in [1.82, 2.24) is 19.6 Å². The van der Waals surface area contributed by atoms with Crippen molar-refractivity contribution in [1.29, 1.82) is 0 Å². The van der Waals surface area contributed by atoms with Crippen molar-refractivity contribution < 1.29 is 9.53 Å². The van der Waals surface area contributed by atoms with Crippen molar-refractivity contribution in [2.45, 2.75) is 44.8 Å². The summed E-state index contributed by atoms with van der Waals surface area (Å²) in [7, 11) is 1.95. The molecule has 3 heterocycles. The lowest BCUT2D eigenvalue weighted by molar-refractivity contribution is 0.0702. The van der Waals surface area contributed by atoms with E-state index in [1.807, 2.05) is 47.1 Å². The molecule has 1 amide bonds. The fraction of sp³-hybridized carbons (Fsp3) is 0.545. The molecule has 2 aliphatic heterocycles. The number of para-hydroxylation sites is 1. The second-order valence-corrected chi connectivity index (χ2v) is 7.96. The lowest BCUT2D eigenvalue weighted by atomic mass is 10.1. The predicted octanol–water partition coefficient (Wildman–Crippen LogP) is 3.09. The summed E-state index contributed by atoms with van der Waals surface area (Å²) in [5, 5.41) is 4.25. The number of rotatable bonds is 5. The zero-order valence-electron chi connectivity index (χ0n) is 16.7. The van der Waals surface area contributed by atoms with Crippen LogP contribution in [0.5, 0.6) is 5.75 Å². The Bertz CT molecular complexity index is 789. The number of nitrogens with zero attached hydrogens (tertiary/aromatic N) is 4. The topological polar surface area (TPSA) is 50.6 Å². The Hall–Kier alpha value is -2.34. The highest BCUT2D eigenvalue weighted by Gasteiger charge is 2.25. The largest absolute Gasteiger partial charge is 0.489 e. The van der Waals surface area contributed by atoms with Gasteiger partial charge in [0.15, 0.2) is 0 Å². The zero-order valence-corrected chi connectivity index (χ0v) is 16.7. The van der Waals surface area contributed by atoms with Crippen LogP contribution in [0.4, 0.5) is 0 Å². The minimum Gasteiger partial charge on any atom is -0.489 e. The SMILES string of the molecule is Cn1cc(CN2CCC(Oc3ccccc3C(=O)N3CCCCC3)CC2)cn1. The Kier molecular flexibility index (Phi) is 5.95. The number of amides is 1. The highest BCUT2D eigenvalue weighted by atomic mass is 16.5. The van der Waals surface area contributed by atoms with Gasteiger partial charge in [0.05, 0.1) is 11.8 Å². The minimum absolute atomic E-state index is 0.115. The maximum Gasteiger partial charge on any atom is 0.257 e. The first-order valence-electron chi connectivity index (χ1n) is 10.4. The number of benzene rings is 1. The van der Waals surface area contributed by atoms with Gasteiger partial charge in [0.2, 0.25) is 0 Å². The molecule has 28 heavy (non-hydrogen) atoms. The second-order valence-electron chi connectivity index (χ2n) is 7.96. The summed E-state index contributed by atoms with van der Waals surface area (Å²) >= 11 is 0. The number of hydrogen-bond acceptors (Lipinski definition) is 4. The standard InChI is InChI=1S/C22H30N4O2/c1-24-16-18(15-23-24)17-25-13-9-19(10-14-25)28-21-8-4-3-7-20(21)22(27)26-11-5-2-6-12-26/h3-4,7-8,15-16,19H,2,5-6,9-14,17H2,1H3. The average molecular weight is 383 g/mol. The van der Waals surface area contributed by atoms with Gasteiger partial charge in [0.1, 0.15) is 11.9 Å². The Balaban J connectivity index is 1.34. The van der Waals surface area contributed by atoms with Crippen molar-refractivity contribution >= 4 is 5.91 Å². The van der Waals surface area contributed by atoms with Crippen LogP contribution >= 0.6 is 0 Å². The lowest BCUT2D eigenvalue weighted by Gasteiger charge is -2.32. The summed E-state index contributed by atoms with van der Waals surface area (Å²) in [6, 6.07) is 7.74. The monoisotopic (exact) mass is 382 g/mol. The molecule has 0 saturated carbocycles. The maximum absolute atomic E-state index is 12.9. The molecule has 0 atom stereocenters. The molecule has 0 bridgehead atoms. The van der Waals surface area contributed by atoms with Gasteiger partial charge < -0.3 is 9.64 Å². The number of carbonyl (C=O) groups excluding carboxylic acids is 1. The molecule has 0 radical (unpaired) electrons. The highest BCUT2D eigenvalue weighted by Crippen LogP contribution is 2.26. The van der Waals surface area contributed by atoms with Gasteiger partial charge >= 0.3 is 0 Å². The Morgan fingerprint density at radius 2 is 1.86 bits per heavy atom. The van der Waals surface area contributed by atoms with Crippen LogP contribution in [-0.2, 0) is 13.6 Å². The number of hydrogen-bond donors (Lipinski definition) is 0. The van der Waals surface area contributed by atoms with E-state index in [1.165, 1.54) is 12.0 Å². The molecule has 2 saturated heterocycles. The summed E-state index contributed by atoms with van der Waals surface area (Å²) < 4.78 is 8.16. The molecule has 2 aromatic rings. The third-order valence-corrected chi connectivity index (χ3v) is 5.75. The van der Waals surface area contributed by atoms with E-state index in [9.17, 15) is 4.79 Å². The van der Waals surface area contributed by atoms with Crippen molar-refractivity contribution in [3.8, 4) is 5.75 Å². The van der Waals surface area contributed by atoms with Gasteiger partial charge in [-0.05, 0) is 44.2 Å². The van der Waals surface area contributed by atoms with E-state index >= 15 is 0 Å². The highest BCUT2D eigenvalue weighted by molar-refractivity contribution is 5.97. The number of likely N-dealkylation sites (tertiary alicyclic amines) is 2.